The second-order valence-corrected chi connectivity index (χ2v) is 3.10. The lowest BCUT2D eigenvalue weighted by atomic mass is 10.0. The van der Waals surface area contributed by atoms with Gasteiger partial charge in [-0.3, -0.25) is 4.99 Å². The molecule has 1 aliphatic carbocycles. The molecule has 0 saturated carbocycles. The number of hydrogen-bond donors (Lipinski definition) is 0. The highest BCUT2D eigenvalue weighted by atomic mass is 16.5. The Balaban J connectivity index is 2.23. The molecule has 1 unspecified atom stereocenters. The maximum atomic E-state index is 5.36. The summed E-state index contributed by atoms with van der Waals surface area (Å²) in [4.78, 5) is 4.36. The van der Waals surface area contributed by atoms with Gasteiger partial charge in [-0.25, -0.2) is 0 Å². The van der Waals surface area contributed by atoms with E-state index >= 15 is 0 Å². The molecule has 1 aliphatic heterocycles. The minimum atomic E-state index is 0.338. The van der Waals surface area contributed by atoms with Crippen molar-refractivity contribution in [2.24, 2.45) is 4.99 Å². The number of nitrogens with zero attached hydrogens (tertiary/aromatic N) is 1. The molecule has 0 radical (unpaired) electrons. The molecule has 1 atom stereocenters. The molecule has 60 valence electrons. The highest BCUT2D eigenvalue weighted by molar-refractivity contribution is 5.63. The van der Waals surface area contributed by atoms with Gasteiger partial charge in [0.2, 0.25) is 0 Å². The molecule has 0 N–H and O–H groups in total. The van der Waals surface area contributed by atoms with Crippen molar-refractivity contribution < 1.29 is 4.74 Å². The van der Waals surface area contributed by atoms with E-state index in [2.05, 4.69) is 4.99 Å². The normalized spacial score (nSPS) is 29.4. The molecule has 0 saturated heterocycles. The molecule has 0 aromatic heterocycles. The monoisotopic (exact) mass is 151 g/mol. The van der Waals surface area contributed by atoms with E-state index in [1.807, 2.05) is 6.21 Å². The van der Waals surface area contributed by atoms with Gasteiger partial charge in [-0.15, -0.1) is 0 Å². The molecule has 0 amide bonds. The van der Waals surface area contributed by atoms with Crippen LogP contribution in [0, 0.1) is 0 Å². The first-order valence-electron chi connectivity index (χ1n) is 4.19. The summed E-state index contributed by atoms with van der Waals surface area (Å²) in [6.45, 7) is 0. The first-order valence-corrected chi connectivity index (χ1v) is 4.19. The standard InChI is InChI=1S/C9H13NO/c1-11-9-5-6-10-8-4-2-3-7(8)9/h6,9H,2-5H2,1H3. The van der Waals surface area contributed by atoms with Crippen LogP contribution < -0.4 is 0 Å². The van der Waals surface area contributed by atoms with Crippen molar-refractivity contribution in [3.63, 3.8) is 0 Å². The first kappa shape index (κ1) is 7.04. The first-order chi connectivity index (χ1) is 5.42. The van der Waals surface area contributed by atoms with Gasteiger partial charge >= 0.3 is 0 Å². The molecule has 2 heteroatoms. The van der Waals surface area contributed by atoms with E-state index in [-0.39, 0.29) is 0 Å². The number of ether oxygens (including phenoxy) is 1. The van der Waals surface area contributed by atoms with Gasteiger partial charge < -0.3 is 4.74 Å². The maximum Gasteiger partial charge on any atom is 0.0851 e. The Kier molecular flexibility index (Phi) is 1.78. The molecule has 0 bridgehead atoms. The predicted octanol–water partition coefficient (Wildman–Crippen LogP) is 1.91. The topological polar surface area (TPSA) is 21.6 Å². The van der Waals surface area contributed by atoms with Crippen molar-refractivity contribution in [2.75, 3.05) is 7.11 Å². The third-order valence-corrected chi connectivity index (χ3v) is 2.47. The van der Waals surface area contributed by atoms with Crippen LogP contribution in [-0.4, -0.2) is 19.4 Å². The van der Waals surface area contributed by atoms with E-state index in [0.29, 0.717) is 6.10 Å². The van der Waals surface area contributed by atoms with Gasteiger partial charge in [0.15, 0.2) is 0 Å². The summed E-state index contributed by atoms with van der Waals surface area (Å²) in [5, 5.41) is 0. The van der Waals surface area contributed by atoms with Crippen LogP contribution in [-0.2, 0) is 4.74 Å². The van der Waals surface area contributed by atoms with Crippen molar-refractivity contribution in [1.82, 2.24) is 0 Å². The lowest BCUT2D eigenvalue weighted by molar-refractivity contribution is 0.134. The Hall–Kier alpha value is -0.630. The Bertz CT molecular complexity index is 218. The molecular weight excluding hydrogens is 138 g/mol. The quantitative estimate of drug-likeness (QED) is 0.561. The zero-order valence-electron chi connectivity index (χ0n) is 6.84. The molecule has 0 aromatic rings. The number of hydrogen-bond acceptors (Lipinski definition) is 2. The zero-order valence-corrected chi connectivity index (χ0v) is 6.84. The summed E-state index contributed by atoms with van der Waals surface area (Å²) >= 11 is 0. The molecule has 0 spiro atoms. The van der Waals surface area contributed by atoms with E-state index in [1.165, 1.54) is 24.1 Å². The molecular formula is C9H13NO. The molecule has 1 heterocycles. The van der Waals surface area contributed by atoms with Gasteiger partial charge in [-0.1, -0.05) is 0 Å². The fraction of sp³-hybridized carbons (Fsp3) is 0.667. The highest BCUT2D eigenvalue weighted by Gasteiger charge is 2.23. The average molecular weight is 151 g/mol. The largest absolute Gasteiger partial charge is 0.377 e. The highest BCUT2D eigenvalue weighted by Crippen LogP contribution is 2.33. The minimum Gasteiger partial charge on any atom is -0.377 e. The van der Waals surface area contributed by atoms with Gasteiger partial charge in [0, 0.05) is 25.4 Å². The van der Waals surface area contributed by atoms with Gasteiger partial charge in [-0.05, 0) is 24.8 Å². The predicted molar refractivity (Wildman–Crippen MR) is 44.8 cm³/mol. The Labute approximate surface area is 67.0 Å². The number of aliphatic imine (C=N–C) groups is 1. The molecule has 2 aliphatic rings. The van der Waals surface area contributed by atoms with E-state index in [1.54, 1.807) is 7.11 Å². The summed E-state index contributed by atoms with van der Waals surface area (Å²) in [5.41, 5.74) is 2.75. The summed E-state index contributed by atoms with van der Waals surface area (Å²) in [5.74, 6) is 0. The average Bonchev–Trinajstić information content (AvgIpc) is 2.50. The second kappa shape index (κ2) is 2.78. The number of allylic oxidation sites excluding steroid dienone is 1. The molecule has 11 heavy (non-hydrogen) atoms. The molecule has 0 fully saturated rings. The summed E-state index contributed by atoms with van der Waals surface area (Å²) in [6.07, 6.45) is 6.91. The van der Waals surface area contributed by atoms with Crippen LogP contribution in [0.4, 0.5) is 0 Å². The Morgan fingerprint density at radius 2 is 2.45 bits per heavy atom. The van der Waals surface area contributed by atoms with Crippen LogP contribution in [0.1, 0.15) is 25.7 Å². The molecule has 0 aromatic carbocycles. The molecule has 2 nitrogen and oxygen atoms in total. The van der Waals surface area contributed by atoms with E-state index in [0.717, 1.165) is 12.8 Å². The van der Waals surface area contributed by atoms with Crippen LogP contribution in [0.2, 0.25) is 0 Å². The van der Waals surface area contributed by atoms with E-state index in [9.17, 15) is 0 Å². The number of methoxy groups -OCH3 is 1. The van der Waals surface area contributed by atoms with Gasteiger partial charge in [0.25, 0.3) is 0 Å². The fourth-order valence-corrected chi connectivity index (χ4v) is 1.88. The fourth-order valence-electron chi connectivity index (χ4n) is 1.88. The summed E-state index contributed by atoms with van der Waals surface area (Å²) in [6, 6.07) is 0. The number of rotatable bonds is 1. The van der Waals surface area contributed by atoms with E-state index < -0.39 is 0 Å². The lowest BCUT2D eigenvalue weighted by Crippen LogP contribution is -2.16. The van der Waals surface area contributed by atoms with Crippen LogP contribution in [0.3, 0.4) is 0 Å². The van der Waals surface area contributed by atoms with Gasteiger partial charge in [0.05, 0.1) is 6.10 Å². The van der Waals surface area contributed by atoms with Crippen LogP contribution in [0.5, 0.6) is 0 Å². The van der Waals surface area contributed by atoms with Crippen molar-refractivity contribution in [3.05, 3.63) is 11.3 Å². The summed E-state index contributed by atoms with van der Waals surface area (Å²) in [7, 11) is 1.78. The smallest absolute Gasteiger partial charge is 0.0851 e. The maximum absolute atomic E-state index is 5.36. The Morgan fingerprint density at radius 1 is 1.55 bits per heavy atom. The summed E-state index contributed by atoms with van der Waals surface area (Å²) < 4.78 is 5.36. The van der Waals surface area contributed by atoms with Crippen LogP contribution in [0.15, 0.2) is 16.3 Å². The van der Waals surface area contributed by atoms with Crippen molar-refractivity contribution in [2.45, 2.75) is 31.8 Å². The van der Waals surface area contributed by atoms with Crippen LogP contribution >= 0.6 is 0 Å². The zero-order chi connectivity index (χ0) is 7.68. The van der Waals surface area contributed by atoms with Crippen LogP contribution in [0.25, 0.3) is 0 Å². The molecule has 2 rings (SSSR count). The Morgan fingerprint density at radius 3 is 3.27 bits per heavy atom. The third-order valence-electron chi connectivity index (χ3n) is 2.47. The van der Waals surface area contributed by atoms with Crippen molar-refractivity contribution in [1.29, 1.82) is 0 Å². The van der Waals surface area contributed by atoms with Gasteiger partial charge in [0.1, 0.15) is 0 Å². The second-order valence-electron chi connectivity index (χ2n) is 3.10. The van der Waals surface area contributed by atoms with Gasteiger partial charge in [-0.2, -0.15) is 0 Å². The SMILES string of the molecule is COC1CC=NC2=C1CCC2. The van der Waals surface area contributed by atoms with E-state index in [4.69, 9.17) is 4.74 Å². The van der Waals surface area contributed by atoms with Crippen molar-refractivity contribution in [3.8, 4) is 0 Å². The van der Waals surface area contributed by atoms with Crippen molar-refractivity contribution >= 4 is 6.21 Å². The minimum absolute atomic E-state index is 0.338. The third kappa shape index (κ3) is 1.11. The lowest BCUT2D eigenvalue weighted by Gasteiger charge is -2.18.